The molecule has 0 saturated carbocycles. The molecule has 1 amide bonds. The van der Waals surface area contributed by atoms with Gasteiger partial charge in [0.15, 0.2) is 0 Å². The Kier molecular flexibility index (Phi) is 2.39. The highest BCUT2D eigenvalue weighted by Crippen LogP contribution is 2.29. The zero-order valence-electron chi connectivity index (χ0n) is 9.81. The molecule has 3 rings (SSSR count). The molecular formula is C15H8N2O2. The van der Waals surface area contributed by atoms with Crippen LogP contribution in [0.5, 0.6) is 0 Å². The van der Waals surface area contributed by atoms with Gasteiger partial charge in [-0.05, 0) is 35.4 Å². The third-order valence-corrected chi connectivity index (χ3v) is 3.04. The van der Waals surface area contributed by atoms with Crippen LogP contribution in [0.3, 0.4) is 0 Å². The Balaban J connectivity index is 2.11. The minimum atomic E-state index is -0.599. The average Bonchev–Trinajstić information content (AvgIpc) is 2.74. The number of nitrogens with one attached hydrogen (secondary N) is 1. The summed E-state index contributed by atoms with van der Waals surface area (Å²) in [6, 6.07) is 14.4. The molecule has 0 radical (unpaired) electrons. The van der Waals surface area contributed by atoms with Gasteiger partial charge in [-0.25, -0.2) is 0 Å². The Labute approximate surface area is 109 Å². The van der Waals surface area contributed by atoms with Gasteiger partial charge in [0.05, 0.1) is 22.9 Å². The lowest BCUT2D eigenvalue weighted by atomic mass is 10.00. The van der Waals surface area contributed by atoms with E-state index in [9.17, 15) is 9.59 Å². The Morgan fingerprint density at radius 2 is 1.79 bits per heavy atom. The van der Waals surface area contributed by atoms with Crippen molar-refractivity contribution in [2.24, 2.45) is 0 Å². The van der Waals surface area contributed by atoms with Crippen molar-refractivity contribution in [3.05, 3.63) is 53.6 Å². The Morgan fingerprint density at radius 3 is 2.58 bits per heavy atom. The van der Waals surface area contributed by atoms with Crippen LogP contribution < -0.4 is 5.32 Å². The molecule has 0 spiro atoms. The molecule has 0 atom stereocenters. The fourth-order valence-electron chi connectivity index (χ4n) is 2.09. The van der Waals surface area contributed by atoms with Crippen LogP contribution in [0.4, 0.5) is 5.69 Å². The van der Waals surface area contributed by atoms with Crippen molar-refractivity contribution in [3.63, 3.8) is 0 Å². The summed E-state index contributed by atoms with van der Waals surface area (Å²) in [5, 5.41) is 11.4. The second-order valence-corrected chi connectivity index (χ2v) is 4.24. The Hall–Kier alpha value is -2.93. The summed E-state index contributed by atoms with van der Waals surface area (Å²) >= 11 is 0. The zero-order valence-corrected chi connectivity index (χ0v) is 9.81. The SMILES string of the molecule is N#Cc1cccc(-c2ccc3c(c2)C(=O)C(=O)N3)c1. The number of rotatable bonds is 1. The van der Waals surface area contributed by atoms with Gasteiger partial charge in [-0.2, -0.15) is 5.26 Å². The molecule has 4 heteroatoms. The molecule has 4 nitrogen and oxygen atoms in total. The highest BCUT2D eigenvalue weighted by atomic mass is 16.2. The predicted octanol–water partition coefficient (Wildman–Crippen LogP) is 2.36. The normalized spacial score (nSPS) is 12.8. The summed E-state index contributed by atoms with van der Waals surface area (Å²) < 4.78 is 0. The molecule has 90 valence electrons. The summed E-state index contributed by atoms with van der Waals surface area (Å²) in [4.78, 5) is 22.9. The second kappa shape index (κ2) is 4.07. The number of hydrogen-bond donors (Lipinski definition) is 1. The van der Waals surface area contributed by atoms with E-state index < -0.39 is 11.7 Å². The van der Waals surface area contributed by atoms with Crippen LogP contribution in [0.2, 0.25) is 0 Å². The van der Waals surface area contributed by atoms with E-state index in [0.29, 0.717) is 16.8 Å². The molecule has 2 aromatic carbocycles. The quantitative estimate of drug-likeness (QED) is 0.787. The number of Topliss-reactive ketones (excluding diaryl/α,β-unsaturated/α-hetero) is 1. The van der Waals surface area contributed by atoms with E-state index in [-0.39, 0.29) is 0 Å². The van der Waals surface area contributed by atoms with E-state index >= 15 is 0 Å². The molecule has 1 N–H and O–H groups in total. The number of hydrogen-bond acceptors (Lipinski definition) is 3. The van der Waals surface area contributed by atoms with E-state index in [1.807, 2.05) is 12.1 Å². The molecule has 0 aliphatic carbocycles. The van der Waals surface area contributed by atoms with Crippen molar-refractivity contribution >= 4 is 17.4 Å². The number of carbonyl (C=O) groups is 2. The number of amides is 1. The third kappa shape index (κ3) is 1.78. The van der Waals surface area contributed by atoms with Crippen molar-refractivity contribution in [3.8, 4) is 17.2 Å². The summed E-state index contributed by atoms with van der Waals surface area (Å²) in [5.74, 6) is -1.12. The molecule has 0 saturated heterocycles. The van der Waals surface area contributed by atoms with Crippen LogP contribution >= 0.6 is 0 Å². The van der Waals surface area contributed by atoms with Crippen molar-refractivity contribution in [1.29, 1.82) is 5.26 Å². The summed E-state index contributed by atoms with van der Waals surface area (Å²) in [6.45, 7) is 0. The molecule has 1 aliphatic rings. The van der Waals surface area contributed by atoms with Crippen LogP contribution in [-0.4, -0.2) is 11.7 Å². The molecule has 19 heavy (non-hydrogen) atoms. The highest BCUT2D eigenvalue weighted by molar-refractivity contribution is 6.51. The molecule has 2 aromatic rings. The second-order valence-electron chi connectivity index (χ2n) is 4.24. The fraction of sp³-hybridized carbons (Fsp3) is 0. The van der Waals surface area contributed by atoms with E-state index in [1.54, 1.807) is 30.3 Å². The first-order chi connectivity index (χ1) is 9.19. The van der Waals surface area contributed by atoms with Crippen LogP contribution in [0.15, 0.2) is 42.5 Å². The third-order valence-electron chi connectivity index (χ3n) is 3.04. The van der Waals surface area contributed by atoms with E-state index in [4.69, 9.17) is 5.26 Å². The molecule has 1 aliphatic heterocycles. The number of nitriles is 1. The molecule has 1 heterocycles. The van der Waals surface area contributed by atoms with Crippen molar-refractivity contribution in [1.82, 2.24) is 0 Å². The highest BCUT2D eigenvalue weighted by Gasteiger charge is 2.27. The first kappa shape index (κ1) is 11.2. The van der Waals surface area contributed by atoms with Gasteiger partial charge in [-0.3, -0.25) is 9.59 Å². The average molecular weight is 248 g/mol. The molecular weight excluding hydrogens is 240 g/mol. The lowest BCUT2D eigenvalue weighted by Crippen LogP contribution is -2.12. The maximum Gasteiger partial charge on any atom is 0.296 e. The van der Waals surface area contributed by atoms with Gasteiger partial charge < -0.3 is 5.32 Å². The number of carbonyl (C=O) groups excluding carboxylic acids is 2. The van der Waals surface area contributed by atoms with E-state index in [0.717, 1.165) is 11.1 Å². The first-order valence-electron chi connectivity index (χ1n) is 5.69. The summed E-state index contributed by atoms with van der Waals surface area (Å²) in [5.41, 5.74) is 3.12. The summed E-state index contributed by atoms with van der Waals surface area (Å²) in [7, 11) is 0. The lowest BCUT2D eigenvalue weighted by molar-refractivity contribution is -0.112. The largest absolute Gasteiger partial charge is 0.318 e. The van der Waals surface area contributed by atoms with Crippen LogP contribution in [0.25, 0.3) is 11.1 Å². The van der Waals surface area contributed by atoms with Crippen LogP contribution in [0.1, 0.15) is 15.9 Å². The maximum atomic E-state index is 11.6. The number of fused-ring (bicyclic) bond motifs is 1. The van der Waals surface area contributed by atoms with Crippen molar-refractivity contribution < 1.29 is 9.59 Å². The molecule has 0 aromatic heterocycles. The van der Waals surface area contributed by atoms with E-state index in [1.165, 1.54) is 0 Å². The first-order valence-corrected chi connectivity index (χ1v) is 5.69. The van der Waals surface area contributed by atoms with Crippen LogP contribution in [0, 0.1) is 11.3 Å². The van der Waals surface area contributed by atoms with Gasteiger partial charge in [-0.1, -0.05) is 18.2 Å². The van der Waals surface area contributed by atoms with Crippen molar-refractivity contribution in [2.75, 3.05) is 5.32 Å². The number of anilines is 1. The van der Waals surface area contributed by atoms with Gasteiger partial charge in [-0.15, -0.1) is 0 Å². The van der Waals surface area contributed by atoms with Gasteiger partial charge in [0.25, 0.3) is 11.7 Å². The van der Waals surface area contributed by atoms with E-state index in [2.05, 4.69) is 11.4 Å². The minimum absolute atomic E-state index is 0.380. The van der Waals surface area contributed by atoms with Gasteiger partial charge in [0.2, 0.25) is 0 Å². The number of benzene rings is 2. The predicted molar refractivity (Wildman–Crippen MR) is 69.6 cm³/mol. The fourth-order valence-corrected chi connectivity index (χ4v) is 2.09. The number of nitrogens with zero attached hydrogens (tertiary/aromatic N) is 1. The smallest absolute Gasteiger partial charge is 0.296 e. The van der Waals surface area contributed by atoms with Gasteiger partial charge in [0, 0.05) is 0 Å². The standard InChI is InChI=1S/C15H8N2O2/c16-8-9-2-1-3-10(6-9)11-4-5-13-12(7-11)14(18)15(19)17-13/h1-7H,(H,17,18,19). The zero-order chi connectivity index (χ0) is 13.4. The van der Waals surface area contributed by atoms with Crippen molar-refractivity contribution in [2.45, 2.75) is 0 Å². The minimum Gasteiger partial charge on any atom is -0.318 e. The Bertz CT molecular complexity index is 757. The van der Waals surface area contributed by atoms with Gasteiger partial charge in [0.1, 0.15) is 0 Å². The maximum absolute atomic E-state index is 11.6. The number of ketones is 1. The summed E-state index contributed by atoms with van der Waals surface area (Å²) in [6.07, 6.45) is 0. The monoisotopic (exact) mass is 248 g/mol. The lowest BCUT2D eigenvalue weighted by Gasteiger charge is -2.04. The van der Waals surface area contributed by atoms with Gasteiger partial charge >= 0.3 is 0 Å². The molecule has 0 unspecified atom stereocenters. The topological polar surface area (TPSA) is 70.0 Å². The Morgan fingerprint density at radius 1 is 1.00 bits per heavy atom. The molecule has 0 fully saturated rings. The van der Waals surface area contributed by atoms with Crippen LogP contribution in [-0.2, 0) is 4.79 Å². The molecule has 0 bridgehead atoms.